The number of nitrogens with two attached hydrogens (primary N) is 1. The van der Waals surface area contributed by atoms with Gasteiger partial charge in [0.1, 0.15) is 36.8 Å². The number of hydrogen-bond donors (Lipinski definition) is 2. The van der Waals surface area contributed by atoms with Gasteiger partial charge in [0.25, 0.3) is 11.8 Å². The molecule has 1 amide bonds. The fourth-order valence-corrected chi connectivity index (χ4v) is 2.52. The van der Waals surface area contributed by atoms with Crippen LogP contribution in [0.5, 0.6) is 0 Å². The van der Waals surface area contributed by atoms with E-state index in [4.69, 9.17) is 5.73 Å². The fourth-order valence-electron chi connectivity index (χ4n) is 2.52. The van der Waals surface area contributed by atoms with Gasteiger partial charge in [-0.3, -0.25) is 9.79 Å². The molecule has 25 heavy (non-hydrogen) atoms. The first-order valence-corrected chi connectivity index (χ1v) is 7.36. The third-order valence-electron chi connectivity index (χ3n) is 3.94. The molecule has 1 aromatic carbocycles. The number of amidine groups is 1. The van der Waals surface area contributed by atoms with E-state index in [1.165, 1.54) is 0 Å². The molecule has 2 atom stereocenters. The standard InChI is InChI=1S/C15H14F5N3O2/c16-10-2-1-7(22-13(24)9-4-14(9,17)18)3-8(10)12-15(19,20)6-25-5-11(21)23-12/h1-3,9,12H,4-6H2,(H2,21,23)(H,22,24). The summed E-state index contributed by atoms with van der Waals surface area (Å²) in [5, 5.41) is 2.18. The molecule has 0 aromatic heterocycles. The highest BCUT2D eigenvalue weighted by Crippen LogP contribution is 2.49. The molecule has 1 heterocycles. The predicted octanol–water partition coefficient (Wildman–Crippen LogP) is 2.48. The van der Waals surface area contributed by atoms with E-state index in [0.717, 1.165) is 18.2 Å². The van der Waals surface area contributed by atoms with Crippen molar-refractivity contribution in [1.82, 2.24) is 0 Å². The quantitative estimate of drug-likeness (QED) is 0.810. The van der Waals surface area contributed by atoms with Crippen molar-refractivity contribution in [3.05, 3.63) is 29.6 Å². The molecule has 1 aliphatic carbocycles. The molecule has 10 heteroatoms. The van der Waals surface area contributed by atoms with Crippen LogP contribution >= 0.6 is 0 Å². The van der Waals surface area contributed by atoms with Gasteiger partial charge in [-0.2, -0.15) is 0 Å². The van der Waals surface area contributed by atoms with Gasteiger partial charge in [-0.1, -0.05) is 0 Å². The number of rotatable bonds is 3. The summed E-state index contributed by atoms with van der Waals surface area (Å²) in [5.41, 5.74) is 4.85. The van der Waals surface area contributed by atoms with E-state index in [1.807, 2.05) is 0 Å². The molecule has 2 unspecified atom stereocenters. The van der Waals surface area contributed by atoms with E-state index in [0.29, 0.717) is 0 Å². The number of nitrogens with one attached hydrogen (secondary N) is 1. The maximum absolute atomic E-state index is 14.2. The maximum Gasteiger partial charge on any atom is 0.297 e. The van der Waals surface area contributed by atoms with Crippen molar-refractivity contribution in [2.75, 3.05) is 18.5 Å². The molecule has 5 nitrogen and oxygen atoms in total. The molecule has 1 aromatic rings. The number of anilines is 1. The predicted molar refractivity (Wildman–Crippen MR) is 78.2 cm³/mol. The van der Waals surface area contributed by atoms with Crippen LogP contribution < -0.4 is 11.1 Å². The number of carbonyl (C=O) groups excluding carboxylic acids is 1. The summed E-state index contributed by atoms with van der Waals surface area (Å²) in [6.07, 6.45) is -0.578. The summed E-state index contributed by atoms with van der Waals surface area (Å²) >= 11 is 0. The van der Waals surface area contributed by atoms with Gasteiger partial charge in [0.2, 0.25) is 5.91 Å². The number of carbonyl (C=O) groups is 1. The zero-order valence-electron chi connectivity index (χ0n) is 12.7. The highest BCUT2D eigenvalue weighted by Gasteiger charge is 2.61. The maximum atomic E-state index is 14.2. The Bertz CT molecular complexity index is 738. The lowest BCUT2D eigenvalue weighted by Crippen LogP contribution is -2.30. The van der Waals surface area contributed by atoms with Gasteiger partial charge in [-0.25, -0.2) is 22.0 Å². The Morgan fingerprint density at radius 2 is 1.96 bits per heavy atom. The fraction of sp³-hybridized carbons (Fsp3) is 0.467. The molecule has 1 saturated carbocycles. The minimum atomic E-state index is -3.53. The summed E-state index contributed by atoms with van der Waals surface area (Å²) in [6, 6.07) is 0.933. The van der Waals surface area contributed by atoms with Crippen molar-refractivity contribution in [1.29, 1.82) is 0 Å². The third kappa shape index (κ3) is 3.58. The van der Waals surface area contributed by atoms with E-state index in [1.54, 1.807) is 0 Å². The van der Waals surface area contributed by atoms with Crippen LogP contribution in [0, 0.1) is 11.7 Å². The van der Waals surface area contributed by atoms with Crippen LogP contribution in [0.15, 0.2) is 23.2 Å². The number of ether oxygens (including phenoxy) is 1. The Morgan fingerprint density at radius 1 is 1.28 bits per heavy atom. The summed E-state index contributed by atoms with van der Waals surface area (Å²) in [6.45, 7) is -1.33. The summed E-state index contributed by atoms with van der Waals surface area (Å²) in [5.74, 6) is -10.2. The van der Waals surface area contributed by atoms with E-state index < -0.39 is 54.1 Å². The van der Waals surface area contributed by atoms with Crippen molar-refractivity contribution in [3.8, 4) is 0 Å². The minimum Gasteiger partial charge on any atom is -0.386 e. The second kappa shape index (κ2) is 5.94. The third-order valence-corrected chi connectivity index (χ3v) is 3.94. The van der Waals surface area contributed by atoms with Crippen LogP contribution in [-0.4, -0.2) is 36.8 Å². The van der Waals surface area contributed by atoms with Gasteiger partial charge in [0.05, 0.1) is 0 Å². The van der Waals surface area contributed by atoms with Gasteiger partial charge >= 0.3 is 0 Å². The summed E-state index contributed by atoms with van der Waals surface area (Å²) in [4.78, 5) is 15.3. The smallest absolute Gasteiger partial charge is 0.297 e. The number of nitrogens with zero attached hydrogens (tertiary/aromatic N) is 1. The van der Waals surface area contributed by atoms with Crippen LogP contribution in [0.25, 0.3) is 0 Å². The Kier molecular flexibility index (Phi) is 4.18. The lowest BCUT2D eigenvalue weighted by Gasteiger charge is -2.22. The second-order valence-corrected chi connectivity index (χ2v) is 6.02. The van der Waals surface area contributed by atoms with Gasteiger partial charge < -0.3 is 15.8 Å². The van der Waals surface area contributed by atoms with E-state index >= 15 is 0 Å². The first kappa shape index (κ1) is 17.6. The molecule has 0 radical (unpaired) electrons. The van der Waals surface area contributed by atoms with Gasteiger partial charge in [-0.05, 0) is 18.2 Å². The van der Waals surface area contributed by atoms with Crippen molar-refractivity contribution in [2.24, 2.45) is 16.6 Å². The van der Waals surface area contributed by atoms with Crippen molar-refractivity contribution in [3.63, 3.8) is 0 Å². The van der Waals surface area contributed by atoms with E-state index in [-0.39, 0.29) is 18.1 Å². The molecule has 3 N–H and O–H groups in total. The molecular weight excluding hydrogens is 349 g/mol. The van der Waals surface area contributed by atoms with Crippen molar-refractivity contribution < 1.29 is 31.5 Å². The highest BCUT2D eigenvalue weighted by molar-refractivity contribution is 5.95. The van der Waals surface area contributed by atoms with Crippen LogP contribution in [-0.2, 0) is 9.53 Å². The first-order chi connectivity index (χ1) is 11.6. The van der Waals surface area contributed by atoms with Crippen LogP contribution in [0.1, 0.15) is 18.0 Å². The number of benzene rings is 1. The van der Waals surface area contributed by atoms with Crippen LogP contribution in [0.3, 0.4) is 0 Å². The average molecular weight is 363 g/mol. The molecule has 1 aliphatic heterocycles. The Balaban J connectivity index is 1.88. The van der Waals surface area contributed by atoms with E-state index in [9.17, 15) is 26.7 Å². The topological polar surface area (TPSA) is 76.7 Å². The lowest BCUT2D eigenvalue weighted by molar-refractivity contribution is -0.119. The monoisotopic (exact) mass is 363 g/mol. The van der Waals surface area contributed by atoms with Crippen LogP contribution in [0.2, 0.25) is 0 Å². The summed E-state index contributed by atoms with van der Waals surface area (Å²) in [7, 11) is 0. The zero-order chi connectivity index (χ0) is 18.4. The molecule has 0 saturated heterocycles. The Morgan fingerprint density at radius 3 is 2.60 bits per heavy atom. The molecule has 136 valence electrons. The molecular formula is C15H14F5N3O2. The lowest BCUT2D eigenvalue weighted by atomic mass is 10.00. The zero-order valence-corrected chi connectivity index (χ0v) is 12.7. The summed E-state index contributed by atoms with van der Waals surface area (Å²) < 4.78 is 72.9. The van der Waals surface area contributed by atoms with Gasteiger partial charge in [0, 0.05) is 17.7 Å². The minimum absolute atomic E-state index is 0.0844. The van der Waals surface area contributed by atoms with E-state index in [2.05, 4.69) is 15.0 Å². The Hall–Kier alpha value is -2.23. The molecule has 1 fully saturated rings. The van der Waals surface area contributed by atoms with Crippen molar-refractivity contribution in [2.45, 2.75) is 24.3 Å². The molecule has 0 spiro atoms. The normalized spacial score (nSPS) is 27.2. The average Bonchev–Trinajstić information content (AvgIpc) is 3.18. The SMILES string of the molecule is NC1=NC(c2cc(NC(=O)C3CC3(F)F)ccc2F)C(F)(F)COC1. The Labute approximate surface area is 139 Å². The van der Waals surface area contributed by atoms with Crippen molar-refractivity contribution >= 4 is 17.4 Å². The molecule has 2 aliphatic rings. The van der Waals surface area contributed by atoms with Crippen LogP contribution in [0.4, 0.5) is 27.6 Å². The first-order valence-electron chi connectivity index (χ1n) is 7.36. The second-order valence-electron chi connectivity index (χ2n) is 6.02. The number of halogens is 5. The molecule has 3 rings (SSSR count). The number of hydrogen-bond acceptors (Lipinski definition) is 4. The number of alkyl halides is 4. The number of aliphatic imine (C=N–C) groups is 1. The van der Waals surface area contributed by atoms with Gasteiger partial charge in [0.15, 0.2) is 0 Å². The number of amides is 1. The largest absolute Gasteiger partial charge is 0.386 e. The van der Waals surface area contributed by atoms with Gasteiger partial charge in [-0.15, -0.1) is 0 Å². The highest BCUT2D eigenvalue weighted by atomic mass is 19.3. The molecule has 0 bridgehead atoms.